The van der Waals surface area contributed by atoms with Crippen molar-refractivity contribution in [1.82, 2.24) is 5.32 Å². The van der Waals surface area contributed by atoms with Gasteiger partial charge in [0.05, 0.1) is 12.1 Å². The molecule has 3 rings (SSSR count). The van der Waals surface area contributed by atoms with Crippen molar-refractivity contribution >= 4 is 5.91 Å². The molecule has 1 fully saturated rings. The number of hydrogen-bond acceptors (Lipinski definition) is 4. The van der Waals surface area contributed by atoms with E-state index < -0.39 is 0 Å². The van der Waals surface area contributed by atoms with Crippen LogP contribution in [0.1, 0.15) is 28.8 Å². The molecular formula is C15H20N2O3. The van der Waals surface area contributed by atoms with Crippen LogP contribution in [0, 0.1) is 0 Å². The molecule has 0 atom stereocenters. The second-order valence-corrected chi connectivity index (χ2v) is 5.47. The first kappa shape index (κ1) is 13.4. The fraction of sp³-hybridized carbons (Fsp3) is 0.533. The van der Waals surface area contributed by atoms with Gasteiger partial charge in [-0.15, -0.1) is 0 Å². The summed E-state index contributed by atoms with van der Waals surface area (Å²) in [5, 5.41) is 3.10. The first-order chi connectivity index (χ1) is 9.72. The summed E-state index contributed by atoms with van der Waals surface area (Å²) in [5.41, 5.74) is 7.31. The summed E-state index contributed by atoms with van der Waals surface area (Å²) in [4.78, 5) is 12.4. The molecule has 5 heteroatoms. The van der Waals surface area contributed by atoms with Crippen molar-refractivity contribution in [3.05, 3.63) is 29.3 Å². The molecule has 108 valence electrons. The van der Waals surface area contributed by atoms with Crippen LogP contribution in [0.5, 0.6) is 5.75 Å². The first-order valence-electron chi connectivity index (χ1n) is 7.08. The van der Waals surface area contributed by atoms with Crippen molar-refractivity contribution in [1.29, 1.82) is 0 Å². The Bertz CT molecular complexity index is 510. The summed E-state index contributed by atoms with van der Waals surface area (Å²) in [6, 6.07) is 5.60. The fourth-order valence-corrected chi connectivity index (χ4v) is 2.78. The van der Waals surface area contributed by atoms with E-state index in [2.05, 4.69) is 5.32 Å². The van der Waals surface area contributed by atoms with Gasteiger partial charge in [0, 0.05) is 31.7 Å². The van der Waals surface area contributed by atoms with E-state index in [-0.39, 0.29) is 11.4 Å². The van der Waals surface area contributed by atoms with Gasteiger partial charge in [0.25, 0.3) is 5.91 Å². The van der Waals surface area contributed by atoms with Crippen molar-refractivity contribution in [3.8, 4) is 5.75 Å². The van der Waals surface area contributed by atoms with Crippen LogP contribution in [-0.2, 0) is 11.2 Å². The Morgan fingerprint density at radius 2 is 2.10 bits per heavy atom. The monoisotopic (exact) mass is 276 g/mol. The van der Waals surface area contributed by atoms with Crippen LogP contribution >= 0.6 is 0 Å². The highest BCUT2D eigenvalue weighted by Gasteiger charge is 2.33. The van der Waals surface area contributed by atoms with E-state index in [9.17, 15) is 4.79 Å². The number of carbonyl (C=O) groups excluding carboxylic acids is 1. The maximum atomic E-state index is 12.4. The molecule has 0 saturated carbocycles. The van der Waals surface area contributed by atoms with Crippen molar-refractivity contribution in [2.45, 2.75) is 24.8 Å². The largest absolute Gasteiger partial charge is 0.493 e. The minimum atomic E-state index is -0.329. The molecule has 1 aromatic rings. The van der Waals surface area contributed by atoms with E-state index in [1.54, 1.807) is 0 Å². The van der Waals surface area contributed by atoms with Crippen LogP contribution in [0.25, 0.3) is 0 Å². The zero-order valence-corrected chi connectivity index (χ0v) is 11.5. The second-order valence-electron chi connectivity index (χ2n) is 5.47. The molecular weight excluding hydrogens is 256 g/mol. The van der Waals surface area contributed by atoms with Gasteiger partial charge in [-0.25, -0.2) is 0 Å². The van der Waals surface area contributed by atoms with E-state index in [0.717, 1.165) is 30.6 Å². The van der Waals surface area contributed by atoms with Crippen molar-refractivity contribution in [2.24, 2.45) is 5.73 Å². The zero-order chi connectivity index (χ0) is 14.0. The molecule has 0 spiro atoms. The Kier molecular flexibility index (Phi) is 3.63. The zero-order valence-electron chi connectivity index (χ0n) is 11.5. The summed E-state index contributed by atoms with van der Waals surface area (Å²) in [6.07, 6.45) is 2.40. The quantitative estimate of drug-likeness (QED) is 0.858. The average molecular weight is 276 g/mol. The summed E-state index contributed by atoms with van der Waals surface area (Å²) in [7, 11) is 0. The van der Waals surface area contributed by atoms with Gasteiger partial charge in [0.1, 0.15) is 5.75 Å². The lowest BCUT2D eigenvalue weighted by molar-refractivity contribution is 0.0388. The number of carbonyl (C=O) groups is 1. The van der Waals surface area contributed by atoms with Gasteiger partial charge in [-0.05, 0) is 36.6 Å². The molecule has 3 N–H and O–H groups in total. The molecule has 1 aromatic carbocycles. The molecule has 2 heterocycles. The minimum Gasteiger partial charge on any atom is -0.493 e. The lowest BCUT2D eigenvalue weighted by Gasteiger charge is -2.37. The number of nitrogens with two attached hydrogens (primary N) is 1. The van der Waals surface area contributed by atoms with Crippen LogP contribution in [0.3, 0.4) is 0 Å². The lowest BCUT2D eigenvalue weighted by Crippen LogP contribution is -2.56. The van der Waals surface area contributed by atoms with Gasteiger partial charge < -0.3 is 20.5 Å². The van der Waals surface area contributed by atoms with Gasteiger partial charge >= 0.3 is 0 Å². The molecule has 0 radical (unpaired) electrons. The number of ether oxygens (including phenoxy) is 2. The maximum absolute atomic E-state index is 12.4. The van der Waals surface area contributed by atoms with Crippen LogP contribution < -0.4 is 15.8 Å². The Hall–Kier alpha value is -1.59. The molecule has 1 saturated heterocycles. The van der Waals surface area contributed by atoms with Gasteiger partial charge in [-0.2, -0.15) is 0 Å². The molecule has 1 amide bonds. The van der Waals surface area contributed by atoms with Gasteiger partial charge in [-0.1, -0.05) is 0 Å². The SMILES string of the molecule is NCC1(NC(=O)c2ccc3c(c2)CCO3)CCOCC1. The van der Waals surface area contributed by atoms with Gasteiger partial charge in [0.2, 0.25) is 0 Å². The third kappa shape index (κ3) is 2.51. The highest BCUT2D eigenvalue weighted by Crippen LogP contribution is 2.26. The predicted octanol–water partition coefficient (Wildman–Crippen LogP) is 0.859. The van der Waals surface area contributed by atoms with Crippen LogP contribution in [0.4, 0.5) is 0 Å². The first-order valence-corrected chi connectivity index (χ1v) is 7.08. The summed E-state index contributed by atoms with van der Waals surface area (Å²) in [6.45, 7) is 2.44. The molecule has 5 nitrogen and oxygen atoms in total. The van der Waals surface area contributed by atoms with Crippen LogP contribution in [0.15, 0.2) is 18.2 Å². The van der Waals surface area contributed by atoms with Crippen LogP contribution in [-0.4, -0.2) is 37.8 Å². The summed E-state index contributed by atoms with van der Waals surface area (Å²) in [5.74, 6) is 0.827. The summed E-state index contributed by atoms with van der Waals surface area (Å²) >= 11 is 0. The van der Waals surface area contributed by atoms with Crippen molar-refractivity contribution in [2.75, 3.05) is 26.4 Å². The number of amides is 1. The highest BCUT2D eigenvalue weighted by atomic mass is 16.5. The van der Waals surface area contributed by atoms with E-state index in [1.807, 2.05) is 18.2 Å². The lowest BCUT2D eigenvalue weighted by atomic mass is 9.89. The Morgan fingerprint density at radius 1 is 1.30 bits per heavy atom. The van der Waals surface area contributed by atoms with Gasteiger partial charge in [0.15, 0.2) is 0 Å². The Labute approximate surface area is 118 Å². The molecule has 0 unspecified atom stereocenters. The molecule has 0 bridgehead atoms. The number of fused-ring (bicyclic) bond motifs is 1. The minimum absolute atomic E-state index is 0.0629. The Morgan fingerprint density at radius 3 is 2.85 bits per heavy atom. The molecule has 2 aliphatic rings. The highest BCUT2D eigenvalue weighted by molar-refractivity contribution is 5.95. The standard InChI is InChI=1S/C15H20N2O3/c16-10-15(4-7-19-8-5-15)17-14(18)12-1-2-13-11(9-12)3-6-20-13/h1-2,9H,3-8,10,16H2,(H,17,18). The second kappa shape index (κ2) is 5.42. The molecule has 0 aliphatic carbocycles. The number of rotatable bonds is 3. The third-order valence-corrected chi connectivity index (χ3v) is 4.17. The van der Waals surface area contributed by atoms with Crippen LogP contribution in [0.2, 0.25) is 0 Å². The number of benzene rings is 1. The third-order valence-electron chi connectivity index (χ3n) is 4.17. The molecule has 0 aromatic heterocycles. The molecule has 2 aliphatic heterocycles. The topological polar surface area (TPSA) is 73.6 Å². The van der Waals surface area contributed by atoms with E-state index in [0.29, 0.717) is 31.9 Å². The Balaban J connectivity index is 1.75. The van der Waals surface area contributed by atoms with E-state index in [1.165, 1.54) is 0 Å². The predicted molar refractivity (Wildman–Crippen MR) is 74.9 cm³/mol. The number of nitrogens with one attached hydrogen (secondary N) is 1. The van der Waals surface area contributed by atoms with Crippen molar-refractivity contribution < 1.29 is 14.3 Å². The smallest absolute Gasteiger partial charge is 0.251 e. The maximum Gasteiger partial charge on any atom is 0.251 e. The van der Waals surface area contributed by atoms with Crippen molar-refractivity contribution in [3.63, 3.8) is 0 Å². The fourth-order valence-electron chi connectivity index (χ4n) is 2.78. The molecule has 20 heavy (non-hydrogen) atoms. The van der Waals surface area contributed by atoms with Gasteiger partial charge in [-0.3, -0.25) is 4.79 Å². The van der Waals surface area contributed by atoms with E-state index >= 15 is 0 Å². The normalized spacial score (nSPS) is 20.1. The summed E-state index contributed by atoms with van der Waals surface area (Å²) < 4.78 is 10.8. The average Bonchev–Trinajstić information content (AvgIpc) is 2.95. The number of hydrogen-bond donors (Lipinski definition) is 2. The van der Waals surface area contributed by atoms with E-state index in [4.69, 9.17) is 15.2 Å².